The number of nitrogens with zero attached hydrogens (tertiary/aromatic N) is 2. The Morgan fingerprint density at radius 1 is 0.975 bits per heavy atom. The molecule has 1 amide bonds. The van der Waals surface area contributed by atoms with E-state index in [1.54, 1.807) is 24.3 Å². The number of Topliss-reactive ketones (excluding diaryl/α,β-unsaturated/α-hetero) is 1. The third-order valence-electron chi connectivity index (χ3n) is 6.87. The maximum absolute atomic E-state index is 13.6. The zero-order valence-electron chi connectivity index (χ0n) is 23.1. The zero-order chi connectivity index (χ0) is 28.4. The number of amides is 1. The van der Waals surface area contributed by atoms with Crippen LogP contribution >= 0.6 is 11.3 Å². The highest BCUT2D eigenvalue weighted by Gasteiger charge is 2.48. The van der Waals surface area contributed by atoms with Gasteiger partial charge in [0.15, 0.2) is 5.13 Å². The number of rotatable bonds is 9. The molecule has 2 heterocycles. The topological polar surface area (TPSA) is 89.0 Å². The molecule has 1 atom stereocenters. The lowest BCUT2D eigenvalue weighted by Gasteiger charge is -2.23. The molecule has 1 aliphatic rings. The predicted octanol–water partition coefficient (Wildman–Crippen LogP) is 7.12. The molecular formula is C32H32N2O5S. The average molecular weight is 557 g/mol. The van der Waals surface area contributed by atoms with Crippen molar-refractivity contribution in [2.45, 2.75) is 46.6 Å². The fraction of sp³-hybridized carbons (Fsp3) is 0.281. The number of unbranched alkanes of at least 4 members (excludes halogenated alkanes) is 1. The van der Waals surface area contributed by atoms with Gasteiger partial charge in [0.2, 0.25) is 0 Å². The van der Waals surface area contributed by atoms with Crippen LogP contribution in [0.5, 0.6) is 11.5 Å². The number of benzene rings is 3. The van der Waals surface area contributed by atoms with Gasteiger partial charge >= 0.3 is 5.91 Å². The van der Waals surface area contributed by atoms with Gasteiger partial charge in [-0.2, -0.15) is 0 Å². The molecule has 0 saturated carbocycles. The van der Waals surface area contributed by atoms with Crippen LogP contribution in [0.2, 0.25) is 0 Å². The average Bonchev–Trinajstić information content (AvgIpc) is 3.48. The Kier molecular flexibility index (Phi) is 7.89. The molecule has 8 heteroatoms. The first kappa shape index (κ1) is 27.4. The SMILES string of the molecule is CCCCOc1ccc(C2C(=C(O)c3ccc(OCC)cc3)C(=O)C(=O)N2c2nc3c(C)cc(C)cc3s2)cc1. The van der Waals surface area contributed by atoms with Gasteiger partial charge in [0.1, 0.15) is 17.3 Å². The van der Waals surface area contributed by atoms with E-state index in [1.165, 1.54) is 16.2 Å². The number of aryl methyl sites for hydroxylation is 2. The summed E-state index contributed by atoms with van der Waals surface area (Å²) in [6.45, 7) is 9.10. The summed E-state index contributed by atoms with van der Waals surface area (Å²) < 4.78 is 12.3. The van der Waals surface area contributed by atoms with Crippen LogP contribution in [0, 0.1) is 13.8 Å². The van der Waals surface area contributed by atoms with Crippen LogP contribution in [-0.2, 0) is 9.59 Å². The van der Waals surface area contributed by atoms with E-state index in [0.717, 1.165) is 34.2 Å². The number of aromatic nitrogens is 1. The number of aliphatic hydroxyl groups excluding tert-OH is 1. The summed E-state index contributed by atoms with van der Waals surface area (Å²) in [5.41, 5.74) is 3.98. The second-order valence-electron chi connectivity index (χ2n) is 9.82. The van der Waals surface area contributed by atoms with Crippen molar-refractivity contribution in [1.82, 2.24) is 4.98 Å². The number of thiazole rings is 1. The maximum Gasteiger partial charge on any atom is 0.301 e. The van der Waals surface area contributed by atoms with Crippen LogP contribution in [0.1, 0.15) is 55.0 Å². The molecule has 4 aromatic rings. The van der Waals surface area contributed by atoms with Crippen LogP contribution in [0.25, 0.3) is 16.0 Å². The van der Waals surface area contributed by atoms with Crippen LogP contribution in [0.15, 0.2) is 66.2 Å². The highest BCUT2D eigenvalue weighted by molar-refractivity contribution is 7.22. The molecule has 206 valence electrons. The van der Waals surface area contributed by atoms with E-state index in [1.807, 2.05) is 57.2 Å². The van der Waals surface area contributed by atoms with E-state index >= 15 is 0 Å². The summed E-state index contributed by atoms with van der Waals surface area (Å²) in [6.07, 6.45) is 1.97. The van der Waals surface area contributed by atoms with E-state index in [9.17, 15) is 14.7 Å². The highest BCUT2D eigenvalue weighted by Crippen LogP contribution is 2.45. The van der Waals surface area contributed by atoms with Crippen molar-refractivity contribution >= 4 is 44.1 Å². The lowest BCUT2D eigenvalue weighted by atomic mass is 9.95. The van der Waals surface area contributed by atoms with Crippen LogP contribution in [0.4, 0.5) is 5.13 Å². The second kappa shape index (κ2) is 11.5. The summed E-state index contributed by atoms with van der Waals surface area (Å²) in [5.74, 6) is -0.382. The lowest BCUT2D eigenvalue weighted by Crippen LogP contribution is -2.29. The Morgan fingerprint density at radius 2 is 1.65 bits per heavy atom. The quantitative estimate of drug-likeness (QED) is 0.102. The van der Waals surface area contributed by atoms with Gasteiger partial charge in [0, 0.05) is 5.56 Å². The predicted molar refractivity (Wildman–Crippen MR) is 158 cm³/mol. The molecule has 7 nitrogen and oxygen atoms in total. The van der Waals surface area contributed by atoms with E-state index in [4.69, 9.17) is 14.5 Å². The molecule has 3 aromatic carbocycles. The summed E-state index contributed by atoms with van der Waals surface area (Å²) >= 11 is 1.36. The first-order chi connectivity index (χ1) is 19.3. The van der Waals surface area contributed by atoms with E-state index < -0.39 is 17.7 Å². The Labute approximate surface area is 237 Å². The van der Waals surface area contributed by atoms with E-state index in [2.05, 4.69) is 6.92 Å². The van der Waals surface area contributed by atoms with Gasteiger partial charge in [-0.25, -0.2) is 4.98 Å². The van der Waals surface area contributed by atoms with Gasteiger partial charge in [-0.1, -0.05) is 42.9 Å². The molecule has 5 rings (SSSR count). The third-order valence-corrected chi connectivity index (χ3v) is 7.87. The van der Waals surface area contributed by atoms with Crippen molar-refractivity contribution in [1.29, 1.82) is 0 Å². The summed E-state index contributed by atoms with van der Waals surface area (Å²) in [7, 11) is 0. The largest absolute Gasteiger partial charge is 0.507 e. The van der Waals surface area contributed by atoms with Gasteiger partial charge in [-0.15, -0.1) is 0 Å². The molecule has 1 saturated heterocycles. The van der Waals surface area contributed by atoms with E-state index in [-0.39, 0.29) is 11.3 Å². The first-order valence-electron chi connectivity index (χ1n) is 13.5. The zero-order valence-corrected chi connectivity index (χ0v) is 23.9. The van der Waals surface area contributed by atoms with Crippen LogP contribution in [0.3, 0.4) is 0 Å². The molecule has 0 bridgehead atoms. The van der Waals surface area contributed by atoms with Gasteiger partial charge in [-0.3, -0.25) is 14.5 Å². The number of ether oxygens (including phenoxy) is 2. The number of fused-ring (bicyclic) bond motifs is 1. The Bertz CT molecular complexity index is 1590. The number of carbonyl (C=O) groups is 2. The molecule has 1 fully saturated rings. The van der Waals surface area contributed by atoms with E-state index in [0.29, 0.717) is 41.0 Å². The first-order valence-corrected chi connectivity index (χ1v) is 14.3. The van der Waals surface area contributed by atoms with Gasteiger partial charge in [0.05, 0.1) is 35.0 Å². The minimum atomic E-state index is -0.863. The molecule has 1 aromatic heterocycles. The third kappa shape index (κ3) is 5.19. The van der Waals surface area contributed by atoms with Gasteiger partial charge in [-0.05, 0) is 86.3 Å². The van der Waals surface area contributed by atoms with Crippen LogP contribution < -0.4 is 14.4 Å². The molecule has 0 aliphatic carbocycles. The van der Waals surface area contributed by atoms with Crippen molar-refractivity contribution in [3.63, 3.8) is 0 Å². The van der Waals surface area contributed by atoms with Crippen molar-refractivity contribution in [2.24, 2.45) is 0 Å². The summed E-state index contributed by atoms with van der Waals surface area (Å²) in [6, 6.07) is 17.3. The molecule has 1 aliphatic heterocycles. The van der Waals surface area contributed by atoms with Gasteiger partial charge in [0.25, 0.3) is 5.78 Å². The Balaban J connectivity index is 1.63. The second-order valence-corrected chi connectivity index (χ2v) is 10.8. The minimum absolute atomic E-state index is 0.0148. The number of ketones is 1. The summed E-state index contributed by atoms with van der Waals surface area (Å²) in [5, 5.41) is 11.8. The Morgan fingerprint density at radius 3 is 2.33 bits per heavy atom. The van der Waals surface area contributed by atoms with Crippen molar-refractivity contribution in [3.8, 4) is 11.5 Å². The minimum Gasteiger partial charge on any atom is -0.507 e. The molecule has 1 N–H and O–H groups in total. The number of carbonyl (C=O) groups excluding carboxylic acids is 2. The molecule has 40 heavy (non-hydrogen) atoms. The number of hydrogen-bond donors (Lipinski definition) is 1. The molecule has 0 spiro atoms. The molecular weight excluding hydrogens is 524 g/mol. The normalized spacial score (nSPS) is 16.6. The van der Waals surface area contributed by atoms with Crippen molar-refractivity contribution < 1.29 is 24.2 Å². The van der Waals surface area contributed by atoms with Crippen LogP contribution in [-0.4, -0.2) is 35.0 Å². The standard InChI is InChI=1S/C32H32N2O5S/c1-5-7-16-39-24-12-8-21(9-13-24)28-26(29(35)22-10-14-23(15-11-22)38-6-2)30(36)31(37)34(28)32-33-27-20(4)17-19(3)18-25(27)40-32/h8-15,17-18,28,35H,5-7,16H2,1-4H3. The lowest BCUT2D eigenvalue weighted by molar-refractivity contribution is -0.132. The smallest absolute Gasteiger partial charge is 0.301 e. The fourth-order valence-corrected chi connectivity index (χ4v) is 6.09. The molecule has 0 radical (unpaired) electrons. The van der Waals surface area contributed by atoms with Gasteiger partial charge < -0.3 is 14.6 Å². The van der Waals surface area contributed by atoms with Crippen molar-refractivity contribution in [2.75, 3.05) is 18.1 Å². The number of aliphatic hydroxyl groups is 1. The Hall–Kier alpha value is -4.17. The number of hydrogen-bond acceptors (Lipinski definition) is 7. The number of anilines is 1. The highest BCUT2D eigenvalue weighted by atomic mass is 32.1. The molecule has 1 unspecified atom stereocenters. The maximum atomic E-state index is 13.6. The fourth-order valence-electron chi connectivity index (χ4n) is 4.92. The monoisotopic (exact) mass is 556 g/mol. The summed E-state index contributed by atoms with van der Waals surface area (Å²) in [4.78, 5) is 33.4. The van der Waals surface area contributed by atoms with Crippen molar-refractivity contribution in [3.05, 3.63) is 88.5 Å².